The molecule has 0 fully saturated rings. The van der Waals surface area contributed by atoms with Crippen LogP contribution in [0.3, 0.4) is 0 Å². The van der Waals surface area contributed by atoms with E-state index in [4.69, 9.17) is 22.4 Å². The van der Waals surface area contributed by atoms with Gasteiger partial charge in [0.25, 0.3) is 6.33 Å². The molecule has 0 radical (unpaired) electrons. The van der Waals surface area contributed by atoms with E-state index in [9.17, 15) is 5.48 Å². The third-order valence-electron chi connectivity index (χ3n) is 12.8. The number of aromatic nitrogens is 4. The topological polar surface area (TPSA) is 49.0 Å². The van der Waals surface area contributed by atoms with E-state index < -0.39 is 65.8 Å². The summed E-state index contributed by atoms with van der Waals surface area (Å²) in [7, 11) is 0. The zero-order chi connectivity index (χ0) is 55.0. The molecule has 4 aromatic heterocycles. The van der Waals surface area contributed by atoms with Gasteiger partial charge in [0.15, 0.2) is 11.0 Å². The number of rotatable bonds is 7. The first-order chi connectivity index (χ1) is 37.1. The molecule has 0 aliphatic carbocycles. The standard InChI is InChI=1S/C62H51N4O2/c1-61(2,3)42-32-33-63-57(36-42)66-54-38-46(28-29-47(54)48-30-31-56-58(60(48)66)49-24-13-16-27-55(49)68-56)67-45-23-17-22-44(37-45)64-39-65(53-26-15-14-25-52(53)64)59-50(40-18-9-7-10-19-40)34-43(62(4,5)6)35-51(59)41-20-11-8-12-21-41/h7-39H,1-6H3/q+1/i7D,8D,9D,10D,11D,12D,18D,19D,20D,21D. The number of imidazole rings is 1. The van der Waals surface area contributed by atoms with Gasteiger partial charge in [-0.05, 0) is 112 Å². The summed E-state index contributed by atoms with van der Waals surface area (Å²) >= 11 is 0. The highest BCUT2D eigenvalue weighted by atomic mass is 16.5. The minimum atomic E-state index is -0.627. The maximum atomic E-state index is 9.28. The second kappa shape index (κ2) is 15.7. The van der Waals surface area contributed by atoms with Crippen LogP contribution in [0.15, 0.2) is 205 Å². The lowest BCUT2D eigenvalue weighted by molar-refractivity contribution is -0.566. The van der Waals surface area contributed by atoms with Crippen LogP contribution in [0, 0.1) is 0 Å². The van der Waals surface area contributed by atoms with Crippen LogP contribution in [0.1, 0.15) is 66.4 Å². The number of hydrogen-bond acceptors (Lipinski definition) is 3. The first-order valence-electron chi connectivity index (χ1n) is 27.6. The normalized spacial score (nSPS) is 14.3. The van der Waals surface area contributed by atoms with Gasteiger partial charge in [0.1, 0.15) is 39.9 Å². The van der Waals surface area contributed by atoms with Crippen LogP contribution in [0.25, 0.3) is 94.2 Å². The SMILES string of the molecule is [2H]c1c([2H])c([2H])c(-c2cc(C(C)(C)C)cc(-c3c([2H])c([2H])c([2H])c([2H])c3[2H])c2-[n+]2cn(-c3cccc(Oc4ccc5c6ccc7oc8ccccc8c7c6n(-c6cc(C(C)(C)C)ccn6)c5c4)c3)c3ccccc32)c([2H])c1[2H]. The Labute approximate surface area is 410 Å². The molecular weight excluding hydrogens is 833 g/mol. The number of pyridine rings is 1. The van der Waals surface area contributed by atoms with Crippen LogP contribution in [0.2, 0.25) is 0 Å². The lowest BCUT2D eigenvalue weighted by Gasteiger charge is -2.23. The lowest BCUT2D eigenvalue weighted by Crippen LogP contribution is -2.31. The molecule has 0 spiro atoms. The van der Waals surface area contributed by atoms with Crippen LogP contribution in [-0.4, -0.2) is 14.1 Å². The number of nitrogens with zero attached hydrogens (tertiary/aromatic N) is 4. The Bertz CT molecular complexity index is 4380. The number of fused-ring (bicyclic) bond motifs is 8. The Hall–Kier alpha value is -8.22. The van der Waals surface area contributed by atoms with E-state index in [0.29, 0.717) is 33.8 Å². The molecule has 330 valence electrons. The smallest absolute Gasteiger partial charge is 0.255 e. The molecule has 0 saturated heterocycles. The van der Waals surface area contributed by atoms with Gasteiger partial charge in [-0.1, -0.05) is 138 Å². The largest absolute Gasteiger partial charge is 0.457 e. The third kappa shape index (κ3) is 6.94. The maximum Gasteiger partial charge on any atom is 0.255 e. The molecule has 6 heteroatoms. The van der Waals surface area contributed by atoms with Gasteiger partial charge in [-0.3, -0.25) is 4.57 Å². The van der Waals surface area contributed by atoms with Crippen molar-refractivity contribution in [2.75, 3.05) is 0 Å². The molecule has 0 bridgehead atoms. The minimum absolute atomic E-state index is 0.105. The number of furan rings is 1. The zero-order valence-electron chi connectivity index (χ0n) is 48.4. The molecule has 12 rings (SSSR count). The summed E-state index contributed by atoms with van der Waals surface area (Å²) in [5, 5.41) is 4.02. The van der Waals surface area contributed by atoms with Gasteiger partial charge in [0, 0.05) is 45.6 Å². The Morgan fingerprint density at radius 2 is 1.25 bits per heavy atom. The zero-order valence-corrected chi connectivity index (χ0v) is 38.4. The quantitative estimate of drug-likeness (QED) is 0.150. The Morgan fingerprint density at radius 1 is 0.574 bits per heavy atom. The van der Waals surface area contributed by atoms with E-state index in [-0.39, 0.29) is 33.4 Å². The second-order valence-electron chi connectivity index (χ2n) is 19.2. The Morgan fingerprint density at radius 3 is 1.99 bits per heavy atom. The summed E-state index contributed by atoms with van der Waals surface area (Å²) in [4.78, 5) is 4.97. The monoisotopic (exact) mass is 893 g/mol. The third-order valence-corrected chi connectivity index (χ3v) is 12.8. The van der Waals surface area contributed by atoms with Crippen molar-refractivity contribution in [2.24, 2.45) is 0 Å². The Kier molecular flexibility index (Phi) is 7.31. The van der Waals surface area contributed by atoms with Gasteiger partial charge in [-0.15, -0.1) is 0 Å². The van der Waals surface area contributed by atoms with Gasteiger partial charge >= 0.3 is 0 Å². The summed E-state index contributed by atoms with van der Waals surface area (Å²) in [6, 6.07) is 36.0. The van der Waals surface area contributed by atoms with Crippen LogP contribution < -0.4 is 9.30 Å². The van der Waals surface area contributed by atoms with Crippen LogP contribution in [0.5, 0.6) is 11.5 Å². The lowest BCUT2D eigenvalue weighted by atomic mass is 9.82. The highest BCUT2D eigenvalue weighted by Gasteiger charge is 2.28. The summed E-state index contributed by atoms with van der Waals surface area (Å²) in [5.74, 6) is 1.84. The predicted molar refractivity (Wildman–Crippen MR) is 279 cm³/mol. The van der Waals surface area contributed by atoms with Gasteiger partial charge in [0.2, 0.25) is 0 Å². The number of para-hydroxylation sites is 3. The molecule has 4 heterocycles. The molecule has 12 aromatic rings. The maximum absolute atomic E-state index is 9.28. The molecule has 0 N–H and O–H groups in total. The molecule has 68 heavy (non-hydrogen) atoms. The first-order valence-corrected chi connectivity index (χ1v) is 22.6. The molecule has 0 aliphatic heterocycles. The molecule has 0 aliphatic rings. The van der Waals surface area contributed by atoms with Crippen molar-refractivity contribution < 1.29 is 27.4 Å². The molecule has 6 nitrogen and oxygen atoms in total. The van der Waals surface area contributed by atoms with Crippen molar-refractivity contribution in [3.8, 4) is 50.9 Å². The van der Waals surface area contributed by atoms with Crippen molar-refractivity contribution in [2.45, 2.75) is 52.4 Å². The van der Waals surface area contributed by atoms with Crippen molar-refractivity contribution in [1.82, 2.24) is 14.1 Å². The van der Waals surface area contributed by atoms with E-state index in [1.165, 1.54) is 0 Å². The summed E-state index contributed by atoms with van der Waals surface area (Å²) in [5.41, 5.74) is 6.85. The summed E-state index contributed by atoms with van der Waals surface area (Å²) in [6.07, 6.45) is 3.66. The van der Waals surface area contributed by atoms with Gasteiger partial charge in [-0.25, -0.2) is 4.98 Å². The van der Waals surface area contributed by atoms with E-state index in [0.717, 1.165) is 55.1 Å². The van der Waals surface area contributed by atoms with Crippen LogP contribution in [-0.2, 0) is 10.8 Å². The average molecular weight is 894 g/mol. The fourth-order valence-corrected chi connectivity index (χ4v) is 9.41. The van der Waals surface area contributed by atoms with E-state index in [2.05, 4.69) is 55.7 Å². The number of hydrogen-bond donors (Lipinski definition) is 0. The molecule has 0 amide bonds. The predicted octanol–water partition coefficient (Wildman–Crippen LogP) is 16.0. The van der Waals surface area contributed by atoms with Crippen LogP contribution in [0.4, 0.5) is 0 Å². The highest BCUT2D eigenvalue weighted by Crippen LogP contribution is 2.43. The number of benzene rings is 8. The minimum Gasteiger partial charge on any atom is -0.457 e. The van der Waals surface area contributed by atoms with Crippen molar-refractivity contribution in [3.05, 3.63) is 211 Å². The van der Waals surface area contributed by atoms with E-state index in [1.807, 2.05) is 116 Å². The summed E-state index contributed by atoms with van der Waals surface area (Å²) < 4.78 is 108. The molecule has 0 unspecified atom stereocenters. The highest BCUT2D eigenvalue weighted by molar-refractivity contribution is 6.24. The molecule has 0 atom stereocenters. The second-order valence-corrected chi connectivity index (χ2v) is 19.2. The fraction of sp³-hybridized carbons (Fsp3) is 0.129. The Balaban J connectivity index is 1.06. The summed E-state index contributed by atoms with van der Waals surface area (Å²) in [6.45, 7) is 12.4. The van der Waals surface area contributed by atoms with E-state index in [1.54, 1.807) is 23.0 Å². The van der Waals surface area contributed by atoms with E-state index >= 15 is 0 Å². The van der Waals surface area contributed by atoms with Crippen LogP contribution >= 0.6 is 0 Å². The molecular formula is C62H51N4O2+. The van der Waals surface area contributed by atoms with Crippen molar-refractivity contribution in [1.29, 1.82) is 0 Å². The average Bonchev–Trinajstić information content (AvgIpc) is 4.24. The van der Waals surface area contributed by atoms with Gasteiger partial charge < -0.3 is 9.15 Å². The first kappa shape index (κ1) is 31.7. The van der Waals surface area contributed by atoms with Gasteiger partial charge in [0.05, 0.1) is 30.1 Å². The molecule has 0 saturated carbocycles. The van der Waals surface area contributed by atoms with Crippen molar-refractivity contribution >= 4 is 54.8 Å². The fourth-order valence-electron chi connectivity index (χ4n) is 9.41. The number of ether oxygens (including phenoxy) is 1. The molecule has 8 aromatic carbocycles. The van der Waals surface area contributed by atoms with Crippen molar-refractivity contribution in [3.63, 3.8) is 0 Å². The van der Waals surface area contributed by atoms with Gasteiger partial charge in [-0.2, -0.15) is 9.13 Å².